The first-order valence-corrected chi connectivity index (χ1v) is 3.97. The summed E-state index contributed by atoms with van der Waals surface area (Å²) in [5.41, 5.74) is 2.41. The lowest BCUT2D eigenvalue weighted by Crippen LogP contribution is -1.77. The molecule has 1 aliphatic rings. The maximum absolute atomic E-state index is 5.28. The second-order valence-corrected chi connectivity index (χ2v) is 2.78. The molecule has 0 bridgehead atoms. The normalized spacial score (nSPS) is 14.2. The van der Waals surface area contributed by atoms with Crippen molar-refractivity contribution in [3.63, 3.8) is 0 Å². The van der Waals surface area contributed by atoms with Crippen molar-refractivity contribution < 1.29 is 4.42 Å². The first-order valence-electron chi connectivity index (χ1n) is 3.97. The average molecular weight is 158 g/mol. The SMILES string of the molecule is CC(=C1C=CC=C1)c1ccco1. The van der Waals surface area contributed by atoms with Gasteiger partial charge in [-0.2, -0.15) is 0 Å². The molecule has 0 N–H and O–H groups in total. The Bertz CT molecular complexity index is 336. The molecular formula is C11H10O. The molecule has 60 valence electrons. The minimum absolute atomic E-state index is 0.946. The van der Waals surface area contributed by atoms with Gasteiger partial charge in [-0.15, -0.1) is 0 Å². The molecule has 0 aliphatic heterocycles. The van der Waals surface area contributed by atoms with Crippen LogP contribution in [0.2, 0.25) is 0 Å². The third-order valence-electron chi connectivity index (χ3n) is 1.99. The van der Waals surface area contributed by atoms with Gasteiger partial charge in [0.2, 0.25) is 0 Å². The summed E-state index contributed by atoms with van der Waals surface area (Å²) < 4.78 is 5.28. The fourth-order valence-electron chi connectivity index (χ4n) is 1.26. The minimum Gasteiger partial charge on any atom is -0.465 e. The van der Waals surface area contributed by atoms with E-state index in [0.29, 0.717) is 0 Å². The monoisotopic (exact) mass is 158 g/mol. The van der Waals surface area contributed by atoms with E-state index < -0.39 is 0 Å². The molecule has 12 heavy (non-hydrogen) atoms. The summed E-state index contributed by atoms with van der Waals surface area (Å²) >= 11 is 0. The fourth-order valence-corrected chi connectivity index (χ4v) is 1.26. The van der Waals surface area contributed by atoms with Gasteiger partial charge in [-0.3, -0.25) is 0 Å². The molecule has 1 aliphatic carbocycles. The van der Waals surface area contributed by atoms with Crippen LogP contribution in [-0.2, 0) is 0 Å². The van der Waals surface area contributed by atoms with Crippen LogP contribution in [0.25, 0.3) is 5.57 Å². The molecule has 0 unspecified atom stereocenters. The third-order valence-corrected chi connectivity index (χ3v) is 1.99. The fraction of sp³-hybridized carbons (Fsp3) is 0.0909. The van der Waals surface area contributed by atoms with Gasteiger partial charge in [0.25, 0.3) is 0 Å². The predicted molar refractivity (Wildman–Crippen MR) is 49.6 cm³/mol. The number of allylic oxidation sites excluding steroid dienone is 6. The molecular weight excluding hydrogens is 148 g/mol. The molecule has 2 rings (SSSR count). The molecule has 1 aromatic rings. The summed E-state index contributed by atoms with van der Waals surface area (Å²) in [5, 5.41) is 0. The molecule has 1 aromatic heterocycles. The molecule has 0 spiro atoms. The second kappa shape index (κ2) is 2.86. The van der Waals surface area contributed by atoms with Crippen LogP contribution in [0.15, 0.2) is 52.7 Å². The van der Waals surface area contributed by atoms with Gasteiger partial charge in [0.05, 0.1) is 6.26 Å². The maximum atomic E-state index is 5.28. The van der Waals surface area contributed by atoms with Crippen molar-refractivity contribution in [3.05, 3.63) is 54.0 Å². The van der Waals surface area contributed by atoms with Crippen molar-refractivity contribution in [1.29, 1.82) is 0 Å². The van der Waals surface area contributed by atoms with E-state index in [2.05, 4.69) is 19.1 Å². The average Bonchev–Trinajstić information content (AvgIpc) is 2.77. The van der Waals surface area contributed by atoms with Gasteiger partial charge >= 0.3 is 0 Å². The Morgan fingerprint density at radius 1 is 1.25 bits per heavy atom. The van der Waals surface area contributed by atoms with Crippen LogP contribution >= 0.6 is 0 Å². The molecule has 1 heterocycles. The highest BCUT2D eigenvalue weighted by Gasteiger charge is 2.03. The standard InChI is InChI=1S/C11H10O/c1-9(10-5-2-3-6-10)11-7-4-8-12-11/h2-8H,1H3. The zero-order valence-corrected chi connectivity index (χ0v) is 6.95. The van der Waals surface area contributed by atoms with E-state index in [-0.39, 0.29) is 0 Å². The van der Waals surface area contributed by atoms with Crippen LogP contribution in [0.3, 0.4) is 0 Å². The zero-order valence-electron chi connectivity index (χ0n) is 6.95. The lowest BCUT2D eigenvalue weighted by atomic mass is 10.1. The highest BCUT2D eigenvalue weighted by atomic mass is 16.3. The van der Waals surface area contributed by atoms with Gasteiger partial charge in [-0.05, 0) is 30.2 Å². The second-order valence-electron chi connectivity index (χ2n) is 2.78. The first kappa shape index (κ1) is 7.17. The maximum Gasteiger partial charge on any atom is 0.130 e. The number of furan rings is 1. The molecule has 0 radical (unpaired) electrons. The van der Waals surface area contributed by atoms with E-state index in [1.54, 1.807) is 6.26 Å². The highest BCUT2D eigenvalue weighted by molar-refractivity contribution is 5.70. The van der Waals surface area contributed by atoms with Gasteiger partial charge in [0.15, 0.2) is 0 Å². The third kappa shape index (κ3) is 1.14. The quantitative estimate of drug-likeness (QED) is 0.611. The molecule has 1 nitrogen and oxygen atoms in total. The molecule has 0 saturated carbocycles. The molecule has 0 saturated heterocycles. The van der Waals surface area contributed by atoms with Gasteiger partial charge in [-0.1, -0.05) is 24.3 Å². The van der Waals surface area contributed by atoms with Gasteiger partial charge < -0.3 is 4.42 Å². The van der Waals surface area contributed by atoms with Crippen LogP contribution < -0.4 is 0 Å². The Hall–Kier alpha value is -1.50. The van der Waals surface area contributed by atoms with Crippen LogP contribution in [0.4, 0.5) is 0 Å². The zero-order chi connectivity index (χ0) is 8.39. The molecule has 0 aromatic carbocycles. The summed E-state index contributed by atoms with van der Waals surface area (Å²) in [6.45, 7) is 2.06. The van der Waals surface area contributed by atoms with Crippen LogP contribution in [0.1, 0.15) is 12.7 Å². The van der Waals surface area contributed by atoms with E-state index >= 15 is 0 Å². The van der Waals surface area contributed by atoms with Crippen molar-refractivity contribution in [3.8, 4) is 0 Å². The van der Waals surface area contributed by atoms with Crippen molar-refractivity contribution in [2.45, 2.75) is 6.92 Å². The van der Waals surface area contributed by atoms with E-state index in [9.17, 15) is 0 Å². The van der Waals surface area contributed by atoms with Gasteiger partial charge in [0.1, 0.15) is 5.76 Å². The predicted octanol–water partition coefficient (Wildman–Crippen LogP) is 3.18. The lowest BCUT2D eigenvalue weighted by Gasteiger charge is -1.97. The molecule has 0 fully saturated rings. The molecule has 0 atom stereocenters. The summed E-state index contributed by atoms with van der Waals surface area (Å²) in [7, 11) is 0. The van der Waals surface area contributed by atoms with Gasteiger partial charge in [0, 0.05) is 0 Å². The van der Waals surface area contributed by atoms with Crippen molar-refractivity contribution in [2.24, 2.45) is 0 Å². The summed E-state index contributed by atoms with van der Waals surface area (Å²) in [4.78, 5) is 0. The Labute approximate surface area is 71.7 Å². The van der Waals surface area contributed by atoms with Crippen LogP contribution in [-0.4, -0.2) is 0 Å². The summed E-state index contributed by atoms with van der Waals surface area (Å²) in [6, 6.07) is 3.88. The van der Waals surface area contributed by atoms with Crippen LogP contribution in [0.5, 0.6) is 0 Å². The summed E-state index contributed by atoms with van der Waals surface area (Å²) in [5.74, 6) is 0.946. The van der Waals surface area contributed by atoms with Crippen LogP contribution in [0, 0.1) is 0 Å². The Morgan fingerprint density at radius 3 is 2.58 bits per heavy atom. The number of hydrogen-bond acceptors (Lipinski definition) is 1. The minimum atomic E-state index is 0.946. The van der Waals surface area contributed by atoms with E-state index in [0.717, 1.165) is 5.76 Å². The van der Waals surface area contributed by atoms with Crippen molar-refractivity contribution in [1.82, 2.24) is 0 Å². The first-order chi connectivity index (χ1) is 5.88. The number of hydrogen-bond donors (Lipinski definition) is 0. The Morgan fingerprint density at radius 2 is 2.00 bits per heavy atom. The highest BCUT2D eigenvalue weighted by Crippen LogP contribution is 2.22. The Kier molecular flexibility index (Phi) is 1.71. The lowest BCUT2D eigenvalue weighted by molar-refractivity contribution is 0.552. The largest absolute Gasteiger partial charge is 0.465 e. The van der Waals surface area contributed by atoms with Crippen molar-refractivity contribution >= 4 is 5.57 Å². The van der Waals surface area contributed by atoms with E-state index in [4.69, 9.17) is 4.42 Å². The van der Waals surface area contributed by atoms with E-state index in [1.807, 2.05) is 24.3 Å². The molecule has 1 heteroatoms. The molecule has 0 amide bonds. The van der Waals surface area contributed by atoms with E-state index in [1.165, 1.54) is 11.1 Å². The number of rotatable bonds is 1. The topological polar surface area (TPSA) is 13.1 Å². The smallest absolute Gasteiger partial charge is 0.130 e. The van der Waals surface area contributed by atoms with Crippen molar-refractivity contribution in [2.75, 3.05) is 0 Å². The summed E-state index contributed by atoms with van der Waals surface area (Å²) in [6.07, 6.45) is 9.92. The van der Waals surface area contributed by atoms with Gasteiger partial charge in [-0.25, -0.2) is 0 Å². The Balaban J connectivity index is 2.42.